The number of hydrogen-bond donors (Lipinski definition) is 1. The number of aromatic nitrogens is 1. The monoisotopic (exact) mass is 304 g/mol. The van der Waals surface area contributed by atoms with Crippen LogP contribution in [0.2, 0.25) is 0 Å². The van der Waals surface area contributed by atoms with E-state index >= 15 is 0 Å². The molecule has 108 valence electrons. The van der Waals surface area contributed by atoms with Crippen LogP contribution in [0.3, 0.4) is 0 Å². The van der Waals surface area contributed by atoms with Gasteiger partial charge in [-0.2, -0.15) is 0 Å². The predicted molar refractivity (Wildman–Crippen MR) is 80.2 cm³/mol. The Morgan fingerprint density at radius 2 is 2.19 bits per heavy atom. The molecule has 1 heterocycles. The van der Waals surface area contributed by atoms with Crippen molar-refractivity contribution in [2.45, 2.75) is 13.8 Å². The molecule has 0 aliphatic carbocycles. The second kappa shape index (κ2) is 5.84. The summed E-state index contributed by atoms with van der Waals surface area (Å²) in [4.78, 5) is 26.3. The van der Waals surface area contributed by atoms with Gasteiger partial charge in [0.15, 0.2) is 0 Å². The zero-order chi connectivity index (χ0) is 15.6. The SMILES string of the molecule is C/C(=C\C(=O)O)c1sc(C)nc1-c1cccc([N+](=O)[O-])c1. The molecule has 0 saturated carbocycles. The molecule has 0 amide bonds. The van der Waals surface area contributed by atoms with Gasteiger partial charge < -0.3 is 5.11 Å². The minimum atomic E-state index is -1.04. The topological polar surface area (TPSA) is 93.3 Å². The Bertz CT molecular complexity index is 749. The maximum absolute atomic E-state index is 10.9. The van der Waals surface area contributed by atoms with Crippen LogP contribution in [-0.4, -0.2) is 21.0 Å². The van der Waals surface area contributed by atoms with E-state index in [2.05, 4.69) is 4.98 Å². The Hall–Kier alpha value is -2.54. The molecule has 2 rings (SSSR count). The van der Waals surface area contributed by atoms with Crippen molar-refractivity contribution in [1.29, 1.82) is 0 Å². The number of carboxylic acids is 1. The van der Waals surface area contributed by atoms with Gasteiger partial charge >= 0.3 is 5.97 Å². The van der Waals surface area contributed by atoms with Gasteiger partial charge in [-0.05, 0) is 19.4 Å². The van der Waals surface area contributed by atoms with E-state index in [1.54, 1.807) is 19.1 Å². The highest BCUT2D eigenvalue weighted by Gasteiger charge is 2.16. The number of nitrogens with zero attached hydrogens (tertiary/aromatic N) is 2. The van der Waals surface area contributed by atoms with E-state index in [4.69, 9.17) is 5.11 Å². The molecule has 6 nitrogen and oxygen atoms in total. The summed E-state index contributed by atoms with van der Waals surface area (Å²) in [6.45, 7) is 3.49. The highest BCUT2D eigenvalue weighted by Crippen LogP contribution is 2.34. The number of hydrogen-bond acceptors (Lipinski definition) is 5. The zero-order valence-electron chi connectivity index (χ0n) is 11.4. The molecule has 21 heavy (non-hydrogen) atoms. The minimum absolute atomic E-state index is 0.0241. The summed E-state index contributed by atoms with van der Waals surface area (Å²) >= 11 is 1.36. The van der Waals surface area contributed by atoms with Gasteiger partial charge in [0.25, 0.3) is 5.69 Å². The number of aryl methyl sites for hydroxylation is 1. The number of carbonyl (C=O) groups is 1. The molecule has 1 aromatic carbocycles. The van der Waals surface area contributed by atoms with Gasteiger partial charge in [-0.1, -0.05) is 12.1 Å². The number of rotatable bonds is 4. The van der Waals surface area contributed by atoms with Gasteiger partial charge in [-0.3, -0.25) is 10.1 Å². The van der Waals surface area contributed by atoms with Crippen LogP contribution in [0.5, 0.6) is 0 Å². The second-order valence-electron chi connectivity index (χ2n) is 4.38. The summed E-state index contributed by atoms with van der Waals surface area (Å²) < 4.78 is 0. The van der Waals surface area contributed by atoms with E-state index in [-0.39, 0.29) is 5.69 Å². The summed E-state index contributed by atoms with van der Waals surface area (Å²) in [6.07, 6.45) is 1.10. The van der Waals surface area contributed by atoms with E-state index in [0.717, 1.165) is 11.1 Å². The van der Waals surface area contributed by atoms with E-state index < -0.39 is 10.9 Å². The fraction of sp³-hybridized carbons (Fsp3) is 0.143. The van der Waals surface area contributed by atoms with Gasteiger partial charge in [0.2, 0.25) is 0 Å². The fourth-order valence-electron chi connectivity index (χ4n) is 1.91. The third-order valence-electron chi connectivity index (χ3n) is 2.76. The Balaban J connectivity index is 2.57. The first-order valence-electron chi connectivity index (χ1n) is 6.02. The first-order valence-corrected chi connectivity index (χ1v) is 6.84. The van der Waals surface area contributed by atoms with Crippen molar-refractivity contribution in [3.63, 3.8) is 0 Å². The zero-order valence-corrected chi connectivity index (χ0v) is 12.2. The highest BCUT2D eigenvalue weighted by atomic mass is 32.1. The maximum Gasteiger partial charge on any atom is 0.328 e. The van der Waals surface area contributed by atoms with E-state index in [0.29, 0.717) is 21.7 Å². The molecule has 7 heteroatoms. The molecule has 0 atom stereocenters. The fourth-order valence-corrected chi connectivity index (χ4v) is 2.82. The van der Waals surface area contributed by atoms with Crippen LogP contribution in [0.25, 0.3) is 16.8 Å². The number of carboxylic acid groups (broad SMARTS) is 1. The number of allylic oxidation sites excluding steroid dienone is 1. The van der Waals surface area contributed by atoms with Gasteiger partial charge in [0, 0.05) is 23.8 Å². The van der Waals surface area contributed by atoms with Crippen molar-refractivity contribution in [2.24, 2.45) is 0 Å². The molecular formula is C14H12N2O4S. The second-order valence-corrected chi connectivity index (χ2v) is 5.59. The Morgan fingerprint density at radius 3 is 2.81 bits per heavy atom. The van der Waals surface area contributed by atoms with Gasteiger partial charge in [0.1, 0.15) is 0 Å². The quantitative estimate of drug-likeness (QED) is 0.530. The molecule has 0 bridgehead atoms. The summed E-state index contributed by atoms with van der Waals surface area (Å²) in [5, 5.41) is 20.5. The van der Waals surface area contributed by atoms with Gasteiger partial charge in [0.05, 0.1) is 20.5 Å². The molecule has 0 fully saturated rings. The smallest absolute Gasteiger partial charge is 0.328 e. The number of nitro groups is 1. The largest absolute Gasteiger partial charge is 0.478 e. The lowest BCUT2D eigenvalue weighted by molar-refractivity contribution is -0.384. The molecule has 0 unspecified atom stereocenters. The summed E-state index contributed by atoms with van der Waals surface area (Å²) in [5.74, 6) is -1.04. The van der Waals surface area contributed by atoms with Crippen LogP contribution in [-0.2, 0) is 4.79 Å². The van der Waals surface area contributed by atoms with Crippen LogP contribution < -0.4 is 0 Å². The molecule has 1 aromatic heterocycles. The third kappa shape index (κ3) is 3.32. The lowest BCUT2D eigenvalue weighted by atomic mass is 10.1. The predicted octanol–water partition coefficient (Wildman–Crippen LogP) is 3.51. The third-order valence-corrected chi connectivity index (χ3v) is 3.87. The number of thiazole rings is 1. The number of benzene rings is 1. The molecule has 0 radical (unpaired) electrons. The van der Waals surface area contributed by atoms with Crippen molar-refractivity contribution in [3.05, 3.63) is 50.3 Å². The Morgan fingerprint density at radius 1 is 1.48 bits per heavy atom. The molecule has 1 N–H and O–H groups in total. The van der Waals surface area contributed by atoms with Crippen molar-refractivity contribution < 1.29 is 14.8 Å². The van der Waals surface area contributed by atoms with Crippen LogP contribution >= 0.6 is 11.3 Å². The molecule has 0 aliphatic rings. The molecule has 2 aromatic rings. The standard InChI is InChI=1S/C14H12N2O4S/c1-8(6-12(17)18)14-13(15-9(2)21-14)10-4-3-5-11(7-10)16(19)20/h3-7H,1-2H3,(H,17,18)/b8-6+. The number of non-ortho nitro benzene ring substituents is 1. The van der Waals surface area contributed by atoms with Crippen LogP contribution in [0.15, 0.2) is 30.3 Å². The number of nitro benzene ring substituents is 1. The molecule has 0 saturated heterocycles. The van der Waals surface area contributed by atoms with E-state index in [1.165, 1.54) is 23.5 Å². The van der Waals surface area contributed by atoms with Crippen molar-refractivity contribution >= 4 is 28.6 Å². The first kappa shape index (κ1) is 14.9. The van der Waals surface area contributed by atoms with Crippen LogP contribution in [0.4, 0.5) is 5.69 Å². The molecule has 0 aliphatic heterocycles. The summed E-state index contributed by atoms with van der Waals surface area (Å²) in [6, 6.07) is 6.15. The van der Waals surface area contributed by atoms with Gasteiger partial charge in [-0.25, -0.2) is 9.78 Å². The lowest BCUT2D eigenvalue weighted by Gasteiger charge is -2.02. The van der Waals surface area contributed by atoms with Gasteiger partial charge in [-0.15, -0.1) is 11.3 Å². The number of aliphatic carboxylic acids is 1. The lowest BCUT2D eigenvalue weighted by Crippen LogP contribution is -1.92. The van der Waals surface area contributed by atoms with Crippen molar-refractivity contribution in [2.75, 3.05) is 0 Å². The van der Waals surface area contributed by atoms with Crippen LogP contribution in [0, 0.1) is 17.0 Å². The van der Waals surface area contributed by atoms with E-state index in [1.807, 2.05) is 6.92 Å². The minimum Gasteiger partial charge on any atom is -0.478 e. The average Bonchev–Trinajstić information content (AvgIpc) is 2.80. The molecule has 0 spiro atoms. The summed E-state index contributed by atoms with van der Waals surface area (Å²) in [5.41, 5.74) is 1.71. The van der Waals surface area contributed by atoms with Crippen molar-refractivity contribution in [1.82, 2.24) is 4.98 Å². The first-order chi connectivity index (χ1) is 9.88. The van der Waals surface area contributed by atoms with Crippen LogP contribution in [0.1, 0.15) is 16.8 Å². The average molecular weight is 304 g/mol. The summed E-state index contributed by atoms with van der Waals surface area (Å²) in [7, 11) is 0. The highest BCUT2D eigenvalue weighted by molar-refractivity contribution is 7.13. The normalized spacial score (nSPS) is 11.4. The van der Waals surface area contributed by atoms with E-state index in [9.17, 15) is 14.9 Å². The Kier molecular flexibility index (Phi) is 4.13. The Labute approximate surface area is 124 Å². The maximum atomic E-state index is 10.9. The molecular weight excluding hydrogens is 292 g/mol. The van der Waals surface area contributed by atoms with Crippen molar-refractivity contribution in [3.8, 4) is 11.3 Å².